The van der Waals surface area contributed by atoms with E-state index in [9.17, 15) is 19.2 Å². The molecule has 0 radical (unpaired) electrons. The number of amides is 4. The van der Waals surface area contributed by atoms with Gasteiger partial charge in [-0.1, -0.05) is 88.4 Å². The Balaban J connectivity index is 1.79. The maximum atomic E-state index is 12.8. The molecule has 40 heavy (non-hydrogen) atoms. The first-order valence-corrected chi connectivity index (χ1v) is 13.6. The lowest BCUT2D eigenvalue weighted by atomic mass is 10.0. The molecule has 218 valence electrons. The summed E-state index contributed by atoms with van der Waals surface area (Å²) in [6.07, 6.45) is -0.520. The Morgan fingerprint density at radius 1 is 0.600 bits per heavy atom. The summed E-state index contributed by atoms with van der Waals surface area (Å²) in [7, 11) is 0. The van der Waals surface area contributed by atoms with E-state index < -0.39 is 24.3 Å². The smallest absolute Gasteiger partial charge is 0.408 e. The molecular formula is C30H42N4O6. The SMILES string of the molecule is CC(C)C[C@H](NC(=O)OCc1ccccc1)C(=O)NCCNC(=O)[C@H](CC(C)C)NC(=O)OCc1ccccc1. The number of alkyl carbamates (subject to hydrolysis) is 2. The second-order valence-corrected chi connectivity index (χ2v) is 10.4. The van der Waals surface area contributed by atoms with Crippen LogP contribution in [0, 0.1) is 11.8 Å². The number of hydrogen-bond donors (Lipinski definition) is 4. The maximum Gasteiger partial charge on any atom is 0.408 e. The van der Waals surface area contributed by atoms with Gasteiger partial charge in [0.25, 0.3) is 0 Å². The normalized spacial score (nSPS) is 12.2. The summed E-state index contributed by atoms with van der Waals surface area (Å²) < 4.78 is 10.5. The second-order valence-electron chi connectivity index (χ2n) is 10.4. The molecule has 0 aliphatic heterocycles. The van der Waals surface area contributed by atoms with E-state index in [-0.39, 0.29) is 50.0 Å². The molecule has 0 unspecified atom stereocenters. The van der Waals surface area contributed by atoms with E-state index >= 15 is 0 Å². The van der Waals surface area contributed by atoms with Gasteiger partial charge in [0.2, 0.25) is 11.8 Å². The summed E-state index contributed by atoms with van der Waals surface area (Å²) in [5.41, 5.74) is 1.68. The average Bonchev–Trinajstić information content (AvgIpc) is 2.92. The fourth-order valence-corrected chi connectivity index (χ4v) is 3.84. The van der Waals surface area contributed by atoms with Gasteiger partial charge in [-0.25, -0.2) is 9.59 Å². The Morgan fingerprint density at radius 3 is 1.27 bits per heavy atom. The Labute approximate surface area is 236 Å². The number of nitrogens with one attached hydrogen (secondary N) is 4. The highest BCUT2D eigenvalue weighted by molar-refractivity contribution is 5.86. The van der Waals surface area contributed by atoms with Crippen molar-refractivity contribution in [2.24, 2.45) is 11.8 Å². The van der Waals surface area contributed by atoms with Crippen LogP contribution in [0.15, 0.2) is 60.7 Å². The summed E-state index contributed by atoms with van der Waals surface area (Å²) >= 11 is 0. The van der Waals surface area contributed by atoms with E-state index in [1.54, 1.807) is 0 Å². The molecule has 10 nitrogen and oxygen atoms in total. The lowest BCUT2D eigenvalue weighted by molar-refractivity contribution is -0.125. The Kier molecular flexibility index (Phi) is 14.1. The number of ether oxygens (including phenoxy) is 2. The van der Waals surface area contributed by atoms with Crippen molar-refractivity contribution < 1.29 is 28.7 Å². The van der Waals surface area contributed by atoms with Crippen LogP contribution in [0.25, 0.3) is 0 Å². The predicted molar refractivity (Wildman–Crippen MR) is 152 cm³/mol. The van der Waals surface area contributed by atoms with Crippen LogP contribution in [0.5, 0.6) is 0 Å². The highest BCUT2D eigenvalue weighted by Gasteiger charge is 2.24. The quantitative estimate of drug-likeness (QED) is 0.247. The molecule has 0 fully saturated rings. The Hall–Kier alpha value is -4.08. The molecule has 0 saturated carbocycles. The van der Waals surface area contributed by atoms with Gasteiger partial charge in [-0.05, 0) is 35.8 Å². The van der Waals surface area contributed by atoms with Crippen LogP contribution in [0.2, 0.25) is 0 Å². The first kappa shape index (κ1) is 32.1. The number of rotatable bonds is 15. The van der Waals surface area contributed by atoms with Crippen LogP contribution in [0.3, 0.4) is 0 Å². The molecular weight excluding hydrogens is 512 g/mol. The van der Waals surface area contributed by atoms with Crippen LogP contribution in [0.1, 0.15) is 51.7 Å². The van der Waals surface area contributed by atoms with Gasteiger partial charge >= 0.3 is 12.2 Å². The zero-order valence-electron chi connectivity index (χ0n) is 23.8. The minimum absolute atomic E-state index is 0.0973. The zero-order chi connectivity index (χ0) is 29.3. The molecule has 2 rings (SSSR count). The average molecular weight is 555 g/mol. The van der Waals surface area contributed by atoms with Gasteiger partial charge in [0.15, 0.2) is 0 Å². The predicted octanol–water partition coefficient (Wildman–Crippen LogP) is 3.90. The van der Waals surface area contributed by atoms with Gasteiger partial charge in [-0.15, -0.1) is 0 Å². The third-order valence-corrected chi connectivity index (χ3v) is 5.78. The lowest BCUT2D eigenvalue weighted by Gasteiger charge is -2.21. The molecule has 2 aromatic rings. The van der Waals surface area contributed by atoms with Crippen molar-refractivity contribution in [2.45, 2.75) is 65.8 Å². The van der Waals surface area contributed by atoms with Crippen molar-refractivity contribution in [3.8, 4) is 0 Å². The number of carbonyl (C=O) groups is 4. The van der Waals surface area contributed by atoms with Crippen LogP contribution < -0.4 is 21.3 Å². The van der Waals surface area contributed by atoms with Crippen LogP contribution >= 0.6 is 0 Å². The van der Waals surface area contributed by atoms with Crippen molar-refractivity contribution in [1.29, 1.82) is 0 Å². The van der Waals surface area contributed by atoms with Crippen molar-refractivity contribution in [1.82, 2.24) is 21.3 Å². The number of carbonyl (C=O) groups excluding carboxylic acids is 4. The molecule has 0 aliphatic rings. The largest absolute Gasteiger partial charge is 0.445 e. The molecule has 0 saturated heterocycles. The fraction of sp³-hybridized carbons (Fsp3) is 0.467. The fourth-order valence-electron chi connectivity index (χ4n) is 3.84. The van der Waals surface area contributed by atoms with E-state index in [0.29, 0.717) is 12.8 Å². The molecule has 4 amide bonds. The van der Waals surface area contributed by atoms with Crippen molar-refractivity contribution in [2.75, 3.05) is 13.1 Å². The Bertz CT molecular complexity index is 977. The zero-order valence-corrected chi connectivity index (χ0v) is 23.8. The van der Waals surface area contributed by atoms with Gasteiger partial charge < -0.3 is 30.7 Å². The minimum atomic E-state index is -0.784. The standard InChI is InChI=1S/C30H42N4O6/c1-21(2)17-25(33-29(37)39-19-23-11-7-5-8-12-23)27(35)31-15-16-32-28(36)26(18-22(3)4)34-30(38)40-20-24-13-9-6-10-14-24/h5-14,21-22,25-26H,15-20H2,1-4H3,(H,31,35)(H,32,36)(H,33,37)(H,34,38)/t25-,26-/m0/s1. The number of benzene rings is 2. The molecule has 4 N–H and O–H groups in total. The summed E-state index contributed by atoms with van der Waals surface area (Å²) in [6, 6.07) is 16.9. The topological polar surface area (TPSA) is 135 Å². The van der Waals surface area contributed by atoms with E-state index in [1.165, 1.54) is 0 Å². The minimum Gasteiger partial charge on any atom is -0.445 e. The molecule has 0 heterocycles. The summed E-state index contributed by atoms with van der Waals surface area (Å²) in [4.78, 5) is 50.1. The van der Waals surface area contributed by atoms with Crippen LogP contribution in [-0.2, 0) is 32.3 Å². The molecule has 0 aliphatic carbocycles. The molecule has 0 spiro atoms. The lowest BCUT2D eigenvalue weighted by Crippen LogP contribution is -2.51. The monoisotopic (exact) mass is 554 g/mol. The highest BCUT2D eigenvalue weighted by atomic mass is 16.6. The summed E-state index contributed by atoms with van der Waals surface area (Å²) in [6.45, 7) is 8.28. The van der Waals surface area contributed by atoms with E-state index in [4.69, 9.17) is 9.47 Å². The molecule has 2 aromatic carbocycles. The van der Waals surface area contributed by atoms with Crippen LogP contribution in [0.4, 0.5) is 9.59 Å². The summed E-state index contributed by atoms with van der Waals surface area (Å²) in [5.74, 6) is -0.453. The molecule has 0 bridgehead atoms. The molecule has 2 atom stereocenters. The van der Waals surface area contributed by atoms with Gasteiger partial charge in [0.1, 0.15) is 25.3 Å². The molecule has 10 heteroatoms. The number of hydrogen-bond acceptors (Lipinski definition) is 6. The van der Waals surface area contributed by atoms with E-state index in [1.807, 2.05) is 88.4 Å². The highest BCUT2D eigenvalue weighted by Crippen LogP contribution is 2.08. The second kappa shape index (κ2) is 17.5. The van der Waals surface area contributed by atoms with Gasteiger partial charge in [0.05, 0.1) is 0 Å². The molecule has 0 aromatic heterocycles. The van der Waals surface area contributed by atoms with E-state index in [2.05, 4.69) is 21.3 Å². The Morgan fingerprint density at radius 2 is 0.950 bits per heavy atom. The van der Waals surface area contributed by atoms with Crippen LogP contribution in [-0.4, -0.2) is 49.2 Å². The van der Waals surface area contributed by atoms with Gasteiger partial charge in [0, 0.05) is 13.1 Å². The van der Waals surface area contributed by atoms with Crippen molar-refractivity contribution in [3.63, 3.8) is 0 Å². The summed E-state index contributed by atoms with van der Waals surface area (Å²) in [5, 5.41) is 10.8. The van der Waals surface area contributed by atoms with E-state index in [0.717, 1.165) is 11.1 Å². The van der Waals surface area contributed by atoms with Crippen molar-refractivity contribution >= 4 is 24.0 Å². The van der Waals surface area contributed by atoms with Gasteiger partial charge in [-0.3, -0.25) is 9.59 Å². The van der Waals surface area contributed by atoms with Gasteiger partial charge in [-0.2, -0.15) is 0 Å². The first-order valence-electron chi connectivity index (χ1n) is 13.6. The van der Waals surface area contributed by atoms with Crippen molar-refractivity contribution in [3.05, 3.63) is 71.8 Å². The third kappa shape index (κ3) is 13.1. The first-order chi connectivity index (χ1) is 19.1. The third-order valence-electron chi connectivity index (χ3n) is 5.78. The maximum absolute atomic E-state index is 12.8.